The minimum Gasteiger partial charge on any atom is -0.333 e. The summed E-state index contributed by atoms with van der Waals surface area (Å²) in [4.78, 5) is 24.0. The van der Waals surface area contributed by atoms with Crippen molar-refractivity contribution in [2.45, 2.75) is 30.8 Å². The molecule has 0 spiro atoms. The van der Waals surface area contributed by atoms with E-state index < -0.39 is 0 Å². The monoisotopic (exact) mass is 524 g/mol. The van der Waals surface area contributed by atoms with Crippen LogP contribution in [0.2, 0.25) is 0 Å². The summed E-state index contributed by atoms with van der Waals surface area (Å²) in [6, 6.07) is 20.5. The average molecular weight is 525 g/mol. The molecule has 6 rings (SSSR count). The molecular weight excluding hydrogens is 500 g/mol. The van der Waals surface area contributed by atoms with Gasteiger partial charge in [0, 0.05) is 42.1 Å². The number of hydrogen-bond donors (Lipinski definition) is 0. The van der Waals surface area contributed by atoms with Gasteiger partial charge in [0.2, 0.25) is 0 Å². The van der Waals surface area contributed by atoms with Crippen LogP contribution < -0.4 is 0 Å². The van der Waals surface area contributed by atoms with Gasteiger partial charge in [0.1, 0.15) is 10.7 Å². The largest absolute Gasteiger partial charge is 0.333 e. The Labute approximate surface area is 223 Å². The number of carbonyl (C=O) groups is 1. The van der Waals surface area contributed by atoms with Gasteiger partial charge in [0.05, 0.1) is 5.75 Å². The summed E-state index contributed by atoms with van der Waals surface area (Å²) in [6.07, 6.45) is 4.42. The molecule has 184 valence electrons. The third-order valence-corrected chi connectivity index (χ3v) is 8.33. The predicted molar refractivity (Wildman–Crippen MR) is 146 cm³/mol. The van der Waals surface area contributed by atoms with Crippen LogP contribution in [0, 0.1) is 6.92 Å². The summed E-state index contributed by atoms with van der Waals surface area (Å²) in [7, 11) is 0. The van der Waals surface area contributed by atoms with Gasteiger partial charge < -0.3 is 4.90 Å². The molecule has 3 aromatic heterocycles. The summed E-state index contributed by atoms with van der Waals surface area (Å²) >= 11 is 3.06. The van der Waals surface area contributed by atoms with Gasteiger partial charge in [-0.25, -0.2) is 4.98 Å². The first-order chi connectivity index (χ1) is 18.2. The Bertz CT molecular complexity index is 1540. The lowest BCUT2D eigenvalue weighted by atomic mass is 10.00. The fraction of sp³-hybridized carbons (Fsp3) is 0.179. The van der Waals surface area contributed by atoms with Crippen LogP contribution in [0.5, 0.6) is 0 Å². The number of carbonyl (C=O) groups excluding carboxylic acids is 1. The second-order valence-corrected chi connectivity index (χ2v) is 10.8. The van der Waals surface area contributed by atoms with Crippen LogP contribution >= 0.6 is 23.1 Å². The fourth-order valence-electron chi connectivity index (χ4n) is 4.40. The Morgan fingerprint density at radius 3 is 2.68 bits per heavy atom. The molecule has 37 heavy (non-hydrogen) atoms. The summed E-state index contributed by atoms with van der Waals surface area (Å²) in [6.45, 7) is 3.42. The van der Waals surface area contributed by atoms with E-state index in [1.807, 2.05) is 33.0 Å². The van der Waals surface area contributed by atoms with Crippen molar-refractivity contribution in [3.63, 3.8) is 0 Å². The molecule has 0 bridgehead atoms. The van der Waals surface area contributed by atoms with Crippen molar-refractivity contribution in [1.82, 2.24) is 29.6 Å². The molecule has 1 amide bonds. The van der Waals surface area contributed by atoms with E-state index in [0.29, 0.717) is 24.5 Å². The maximum absolute atomic E-state index is 13.2. The third kappa shape index (κ3) is 4.92. The van der Waals surface area contributed by atoms with Crippen LogP contribution in [-0.4, -0.2) is 42.1 Å². The predicted octanol–water partition coefficient (Wildman–Crippen LogP) is 5.59. The Morgan fingerprint density at radius 1 is 1.03 bits per heavy atom. The molecule has 0 unspecified atom stereocenters. The highest BCUT2D eigenvalue weighted by Gasteiger charge is 2.24. The average Bonchev–Trinajstić information content (AvgIpc) is 3.60. The Morgan fingerprint density at radius 2 is 1.86 bits per heavy atom. The van der Waals surface area contributed by atoms with Crippen LogP contribution in [0.3, 0.4) is 0 Å². The van der Waals surface area contributed by atoms with E-state index >= 15 is 0 Å². The molecule has 9 heteroatoms. The van der Waals surface area contributed by atoms with E-state index in [9.17, 15) is 4.79 Å². The Hall–Kier alpha value is -3.82. The summed E-state index contributed by atoms with van der Waals surface area (Å²) in [5.74, 6) is 1.32. The number of thioether (sulfide) groups is 1. The summed E-state index contributed by atoms with van der Waals surface area (Å²) in [5.41, 5.74) is 6.12. The lowest BCUT2D eigenvalue weighted by Crippen LogP contribution is -2.36. The molecule has 7 nitrogen and oxygen atoms in total. The molecule has 0 saturated carbocycles. The van der Waals surface area contributed by atoms with Crippen LogP contribution in [-0.2, 0) is 18.7 Å². The molecule has 0 N–H and O–H groups in total. The molecule has 4 heterocycles. The van der Waals surface area contributed by atoms with Crippen LogP contribution in [0.1, 0.15) is 32.2 Å². The number of nitrogens with zero attached hydrogens (tertiary/aromatic N) is 6. The molecule has 0 saturated heterocycles. The molecule has 1 aliphatic rings. The topological polar surface area (TPSA) is 76.8 Å². The first kappa shape index (κ1) is 23.6. The fourth-order valence-corrected chi connectivity index (χ4v) is 6.14. The number of fused-ring (bicyclic) bond motifs is 1. The number of pyridine rings is 1. The standard InChI is InChI=1S/C28H24N6OS2/c1-19-8-10-23(11-9-19)34-26(21-7-4-13-29-15-21)31-32-28(34)37-18-25-30-24(17-36-25)27(35)33-14-12-20-5-2-3-6-22(20)16-33/h2-11,13,15,17H,12,14,16,18H2,1H3. The van der Waals surface area contributed by atoms with Crippen LogP contribution in [0.15, 0.2) is 83.6 Å². The van der Waals surface area contributed by atoms with Crippen molar-refractivity contribution < 1.29 is 4.79 Å². The van der Waals surface area contributed by atoms with Gasteiger partial charge in [0.15, 0.2) is 11.0 Å². The second kappa shape index (κ2) is 10.3. The zero-order valence-corrected chi connectivity index (χ0v) is 21.9. The first-order valence-electron chi connectivity index (χ1n) is 12.0. The first-order valence-corrected chi connectivity index (χ1v) is 13.9. The maximum Gasteiger partial charge on any atom is 0.273 e. The van der Waals surface area contributed by atoms with E-state index in [4.69, 9.17) is 0 Å². The van der Waals surface area contributed by atoms with Crippen molar-refractivity contribution in [3.8, 4) is 17.1 Å². The number of aromatic nitrogens is 5. The van der Waals surface area contributed by atoms with Crippen LogP contribution in [0.4, 0.5) is 0 Å². The van der Waals surface area contributed by atoms with Crippen molar-refractivity contribution in [1.29, 1.82) is 0 Å². The van der Waals surface area contributed by atoms with Crippen molar-refractivity contribution in [2.75, 3.05) is 6.54 Å². The highest BCUT2D eigenvalue weighted by molar-refractivity contribution is 7.98. The van der Waals surface area contributed by atoms with E-state index in [2.05, 4.69) is 69.6 Å². The van der Waals surface area contributed by atoms with Gasteiger partial charge >= 0.3 is 0 Å². The zero-order valence-electron chi connectivity index (χ0n) is 20.2. The van der Waals surface area contributed by atoms with Crippen molar-refractivity contribution in [2.24, 2.45) is 0 Å². The smallest absolute Gasteiger partial charge is 0.273 e. The molecule has 0 radical (unpaired) electrons. The molecule has 1 aliphatic heterocycles. The number of amides is 1. The minimum atomic E-state index is -0.0105. The maximum atomic E-state index is 13.2. The van der Waals surface area contributed by atoms with E-state index in [1.54, 1.807) is 24.2 Å². The van der Waals surface area contributed by atoms with Gasteiger partial charge in [-0.1, -0.05) is 53.7 Å². The van der Waals surface area contributed by atoms with Gasteiger partial charge in [-0.3, -0.25) is 14.3 Å². The molecule has 0 aliphatic carbocycles. The van der Waals surface area contributed by atoms with Crippen molar-refractivity contribution >= 4 is 29.0 Å². The highest BCUT2D eigenvalue weighted by Crippen LogP contribution is 2.30. The lowest BCUT2D eigenvalue weighted by Gasteiger charge is -2.28. The summed E-state index contributed by atoms with van der Waals surface area (Å²) in [5, 5.41) is 12.5. The molecule has 2 aromatic carbocycles. The van der Waals surface area contributed by atoms with Gasteiger partial charge in [-0.05, 0) is 48.7 Å². The lowest BCUT2D eigenvalue weighted by molar-refractivity contribution is 0.0729. The Kier molecular flexibility index (Phi) is 6.55. The van der Waals surface area contributed by atoms with E-state index in [1.165, 1.54) is 28.0 Å². The summed E-state index contributed by atoms with van der Waals surface area (Å²) < 4.78 is 2.05. The number of thiazole rings is 1. The van der Waals surface area contributed by atoms with Crippen LogP contribution in [0.25, 0.3) is 17.1 Å². The van der Waals surface area contributed by atoms with Gasteiger partial charge in [0.25, 0.3) is 5.91 Å². The zero-order chi connectivity index (χ0) is 25.2. The van der Waals surface area contributed by atoms with Crippen molar-refractivity contribution in [3.05, 3.63) is 106 Å². The quantitative estimate of drug-likeness (QED) is 0.270. The molecular formula is C28H24N6OS2. The second-order valence-electron chi connectivity index (χ2n) is 8.88. The van der Waals surface area contributed by atoms with Gasteiger partial charge in [-0.15, -0.1) is 21.5 Å². The molecule has 0 fully saturated rings. The van der Waals surface area contributed by atoms with E-state index in [0.717, 1.165) is 33.7 Å². The minimum absolute atomic E-state index is 0.0105. The number of hydrogen-bond acceptors (Lipinski definition) is 7. The number of aryl methyl sites for hydroxylation is 1. The van der Waals surface area contributed by atoms with Gasteiger partial charge in [-0.2, -0.15) is 0 Å². The number of benzene rings is 2. The number of rotatable bonds is 6. The van der Waals surface area contributed by atoms with E-state index in [-0.39, 0.29) is 5.91 Å². The molecule has 0 atom stereocenters. The highest BCUT2D eigenvalue weighted by atomic mass is 32.2. The normalized spacial score (nSPS) is 12.9. The third-order valence-electron chi connectivity index (χ3n) is 6.36. The SMILES string of the molecule is Cc1ccc(-n2c(SCc3nc(C(=O)N4CCc5ccccc5C4)cs3)nnc2-c2cccnc2)cc1. The Balaban J connectivity index is 1.21. The molecule has 5 aromatic rings.